The minimum absolute atomic E-state index is 0.259. The van der Waals surface area contributed by atoms with Gasteiger partial charge in [-0.25, -0.2) is 4.79 Å². The molecule has 6 heteroatoms. The van der Waals surface area contributed by atoms with Gasteiger partial charge in [0.25, 0.3) is 5.91 Å². The first-order valence-electron chi connectivity index (χ1n) is 8.83. The number of benzene rings is 2. The minimum Gasteiger partial charge on any atom is -0.494 e. The Morgan fingerprint density at radius 1 is 1.04 bits per heavy atom. The van der Waals surface area contributed by atoms with Crippen LogP contribution in [0.4, 0.5) is 5.69 Å². The maximum atomic E-state index is 12.2. The van der Waals surface area contributed by atoms with Gasteiger partial charge in [0.1, 0.15) is 11.5 Å². The quantitative estimate of drug-likeness (QED) is 0.717. The fourth-order valence-electron chi connectivity index (χ4n) is 2.35. The van der Waals surface area contributed by atoms with Crippen LogP contribution in [-0.2, 0) is 14.3 Å². The molecule has 0 fully saturated rings. The highest BCUT2D eigenvalue weighted by Crippen LogP contribution is 2.20. The molecule has 144 valence electrons. The molecule has 0 radical (unpaired) electrons. The predicted molar refractivity (Wildman–Crippen MR) is 103 cm³/mol. The minimum atomic E-state index is -0.939. The largest absolute Gasteiger partial charge is 0.494 e. The Hall–Kier alpha value is -3.02. The third kappa shape index (κ3) is 6.02. The van der Waals surface area contributed by atoms with Gasteiger partial charge in [0.05, 0.1) is 6.61 Å². The van der Waals surface area contributed by atoms with E-state index in [4.69, 9.17) is 14.2 Å². The van der Waals surface area contributed by atoms with E-state index < -0.39 is 18.0 Å². The van der Waals surface area contributed by atoms with Crippen LogP contribution in [0.1, 0.15) is 25.0 Å². The summed E-state index contributed by atoms with van der Waals surface area (Å²) in [7, 11) is 0. The van der Waals surface area contributed by atoms with Crippen molar-refractivity contribution < 1.29 is 23.8 Å². The van der Waals surface area contributed by atoms with E-state index in [-0.39, 0.29) is 6.61 Å². The van der Waals surface area contributed by atoms with Gasteiger partial charge in [0.2, 0.25) is 0 Å². The molecule has 2 aromatic rings. The van der Waals surface area contributed by atoms with Crippen molar-refractivity contribution in [3.05, 3.63) is 53.6 Å². The number of amides is 1. The smallest absolute Gasteiger partial charge is 0.344 e. The average molecular weight is 371 g/mol. The Morgan fingerprint density at radius 3 is 2.41 bits per heavy atom. The standard InChI is InChI=1S/C21H25NO5/c1-5-25-18-11-9-17(10-12-18)22-21(24)16(4)27-20(23)13-26-19-8-6-7-14(2)15(19)3/h6-12,16H,5,13H2,1-4H3,(H,22,24)/t16-/m1/s1. The molecule has 1 N–H and O–H groups in total. The first-order chi connectivity index (χ1) is 12.9. The summed E-state index contributed by atoms with van der Waals surface area (Å²) in [5, 5.41) is 2.69. The van der Waals surface area contributed by atoms with Crippen molar-refractivity contribution >= 4 is 17.6 Å². The van der Waals surface area contributed by atoms with Crippen LogP contribution < -0.4 is 14.8 Å². The van der Waals surface area contributed by atoms with E-state index in [2.05, 4.69) is 5.32 Å². The van der Waals surface area contributed by atoms with Gasteiger partial charge in [-0.05, 0) is 69.2 Å². The van der Waals surface area contributed by atoms with E-state index in [9.17, 15) is 9.59 Å². The van der Waals surface area contributed by atoms with E-state index in [1.54, 1.807) is 30.3 Å². The van der Waals surface area contributed by atoms with Gasteiger partial charge in [-0.3, -0.25) is 4.79 Å². The van der Waals surface area contributed by atoms with Crippen LogP contribution >= 0.6 is 0 Å². The van der Waals surface area contributed by atoms with Gasteiger partial charge in [0, 0.05) is 5.69 Å². The van der Waals surface area contributed by atoms with Crippen molar-refractivity contribution in [3.8, 4) is 11.5 Å². The van der Waals surface area contributed by atoms with Crippen molar-refractivity contribution in [2.45, 2.75) is 33.8 Å². The van der Waals surface area contributed by atoms with E-state index in [0.29, 0.717) is 18.0 Å². The highest BCUT2D eigenvalue weighted by molar-refractivity contribution is 5.95. The van der Waals surface area contributed by atoms with Crippen LogP contribution in [0.5, 0.6) is 11.5 Å². The summed E-state index contributed by atoms with van der Waals surface area (Å²) in [5.74, 6) is 0.321. The average Bonchev–Trinajstić information content (AvgIpc) is 2.64. The van der Waals surface area contributed by atoms with Gasteiger partial charge in [0.15, 0.2) is 12.7 Å². The second-order valence-electron chi connectivity index (χ2n) is 6.07. The molecule has 0 aliphatic rings. The first kappa shape index (κ1) is 20.3. The maximum absolute atomic E-state index is 12.2. The van der Waals surface area contributed by atoms with Crippen LogP contribution in [0.3, 0.4) is 0 Å². The molecule has 1 atom stereocenters. The molecule has 0 bridgehead atoms. The SMILES string of the molecule is CCOc1ccc(NC(=O)[C@@H](C)OC(=O)COc2cccc(C)c2C)cc1. The first-order valence-corrected chi connectivity index (χ1v) is 8.83. The Labute approximate surface area is 159 Å². The van der Waals surface area contributed by atoms with Gasteiger partial charge in [-0.2, -0.15) is 0 Å². The molecule has 0 aliphatic carbocycles. The number of carbonyl (C=O) groups is 2. The summed E-state index contributed by atoms with van der Waals surface area (Å²) in [6, 6.07) is 12.6. The van der Waals surface area contributed by atoms with Crippen LogP contribution in [0, 0.1) is 13.8 Å². The fourth-order valence-corrected chi connectivity index (χ4v) is 2.35. The molecule has 0 aliphatic heterocycles. The van der Waals surface area contributed by atoms with Gasteiger partial charge in [-0.1, -0.05) is 12.1 Å². The monoisotopic (exact) mass is 371 g/mol. The lowest BCUT2D eigenvalue weighted by molar-refractivity contribution is -0.155. The number of hydrogen-bond acceptors (Lipinski definition) is 5. The van der Waals surface area contributed by atoms with Crippen LogP contribution in [-0.4, -0.2) is 31.2 Å². The molecular formula is C21H25NO5. The molecule has 0 aromatic heterocycles. The van der Waals surface area contributed by atoms with Crippen LogP contribution in [0.2, 0.25) is 0 Å². The Balaban J connectivity index is 1.82. The van der Waals surface area contributed by atoms with E-state index in [1.165, 1.54) is 6.92 Å². The second-order valence-corrected chi connectivity index (χ2v) is 6.07. The lowest BCUT2D eigenvalue weighted by Crippen LogP contribution is -2.31. The van der Waals surface area contributed by atoms with Crippen molar-refractivity contribution in [2.24, 2.45) is 0 Å². The second kappa shape index (κ2) is 9.62. The maximum Gasteiger partial charge on any atom is 0.344 e. The van der Waals surface area contributed by atoms with Crippen molar-refractivity contribution in [1.29, 1.82) is 0 Å². The molecule has 0 saturated carbocycles. The molecule has 0 saturated heterocycles. The molecule has 0 unspecified atom stereocenters. The number of hydrogen-bond donors (Lipinski definition) is 1. The Morgan fingerprint density at radius 2 is 1.74 bits per heavy atom. The number of esters is 1. The topological polar surface area (TPSA) is 73.9 Å². The molecule has 0 spiro atoms. The van der Waals surface area contributed by atoms with Gasteiger partial charge < -0.3 is 19.5 Å². The number of ether oxygens (including phenoxy) is 3. The Kier molecular flexibility index (Phi) is 7.23. The van der Waals surface area contributed by atoms with Crippen LogP contribution in [0.15, 0.2) is 42.5 Å². The normalized spacial score (nSPS) is 11.4. The Bertz CT molecular complexity index is 786. The fraction of sp³-hybridized carbons (Fsp3) is 0.333. The lowest BCUT2D eigenvalue weighted by atomic mass is 10.1. The molecule has 1 amide bonds. The van der Waals surface area contributed by atoms with Crippen molar-refractivity contribution in [2.75, 3.05) is 18.5 Å². The highest BCUT2D eigenvalue weighted by atomic mass is 16.6. The summed E-state index contributed by atoms with van der Waals surface area (Å²) in [6.07, 6.45) is -0.939. The van der Waals surface area contributed by atoms with Gasteiger partial charge >= 0.3 is 5.97 Å². The zero-order valence-electron chi connectivity index (χ0n) is 16.1. The van der Waals surface area contributed by atoms with E-state index >= 15 is 0 Å². The zero-order valence-corrected chi connectivity index (χ0v) is 16.1. The van der Waals surface area contributed by atoms with Gasteiger partial charge in [-0.15, -0.1) is 0 Å². The predicted octanol–water partition coefficient (Wildman–Crippen LogP) is 3.65. The number of carbonyl (C=O) groups excluding carboxylic acids is 2. The molecule has 6 nitrogen and oxygen atoms in total. The summed E-state index contributed by atoms with van der Waals surface area (Å²) in [5.41, 5.74) is 2.63. The zero-order chi connectivity index (χ0) is 19.8. The summed E-state index contributed by atoms with van der Waals surface area (Å²) >= 11 is 0. The summed E-state index contributed by atoms with van der Waals surface area (Å²) < 4.78 is 16.0. The third-order valence-electron chi connectivity index (χ3n) is 4.01. The van der Waals surface area contributed by atoms with E-state index in [1.807, 2.05) is 32.9 Å². The summed E-state index contributed by atoms with van der Waals surface area (Å²) in [6.45, 7) is 7.61. The number of anilines is 1. The van der Waals surface area contributed by atoms with E-state index in [0.717, 1.165) is 16.9 Å². The molecule has 2 aromatic carbocycles. The molecule has 27 heavy (non-hydrogen) atoms. The lowest BCUT2D eigenvalue weighted by Gasteiger charge is -2.15. The number of nitrogens with one attached hydrogen (secondary N) is 1. The highest BCUT2D eigenvalue weighted by Gasteiger charge is 2.18. The van der Waals surface area contributed by atoms with Crippen molar-refractivity contribution in [3.63, 3.8) is 0 Å². The number of aryl methyl sites for hydroxylation is 1. The van der Waals surface area contributed by atoms with Crippen molar-refractivity contribution in [1.82, 2.24) is 0 Å². The molecule has 2 rings (SSSR count). The molecule has 0 heterocycles. The molecular weight excluding hydrogens is 346 g/mol. The van der Waals surface area contributed by atoms with Crippen LogP contribution in [0.25, 0.3) is 0 Å². The third-order valence-corrected chi connectivity index (χ3v) is 4.01. The number of rotatable bonds is 8. The summed E-state index contributed by atoms with van der Waals surface area (Å²) in [4.78, 5) is 24.1.